The Balaban J connectivity index is 1.41. The molecule has 1 fully saturated rings. The predicted molar refractivity (Wildman–Crippen MR) is 113 cm³/mol. The first kappa shape index (κ1) is 18.8. The minimum atomic E-state index is -1.10. The molecular weight excluding hydrogens is 396 g/mol. The van der Waals surface area contributed by atoms with Crippen molar-refractivity contribution in [2.45, 2.75) is 18.8 Å². The van der Waals surface area contributed by atoms with Crippen LogP contribution in [0.4, 0.5) is 11.6 Å². The van der Waals surface area contributed by atoms with Gasteiger partial charge in [-0.3, -0.25) is 0 Å². The molecule has 2 N–H and O–H groups in total. The Labute approximate surface area is 177 Å². The van der Waals surface area contributed by atoms with Gasteiger partial charge in [0, 0.05) is 23.7 Å². The highest BCUT2D eigenvalue weighted by Gasteiger charge is 2.31. The van der Waals surface area contributed by atoms with Crippen LogP contribution in [-0.2, 0) is 0 Å². The van der Waals surface area contributed by atoms with E-state index >= 15 is 0 Å². The lowest BCUT2D eigenvalue weighted by molar-refractivity contribution is 0.0690. The summed E-state index contributed by atoms with van der Waals surface area (Å²) < 4.78 is 12.0. The fraction of sp³-hybridized carbons (Fsp3) is 0.130. The summed E-state index contributed by atoms with van der Waals surface area (Å²) in [7, 11) is 0. The smallest absolute Gasteiger partial charge is 0.354 e. The van der Waals surface area contributed by atoms with Crippen LogP contribution >= 0.6 is 0 Å². The number of anilines is 2. The molecule has 0 spiro atoms. The molecule has 31 heavy (non-hydrogen) atoms. The zero-order chi connectivity index (χ0) is 21.2. The number of benzene rings is 1. The molecule has 4 aromatic rings. The summed E-state index contributed by atoms with van der Waals surface area (Å²) in [6.07, 6.45) is 3.72. The van der Waals surface area contributed by atoms with E-state index in [9.17, 15) is 4.79 Å². The molecule has 3 heterocycles. The van der Waals surface area contributed by atoms with Crippen molar-refractivity contribution in [1.29, 1.82) is 0 Å². The number of ether oxygens (including phenoxy) is 1. The number of nitrogens with one attached hydrogen (secondary N) is 1. The van der Waals surface area contributed by atoms with Crippen molar-refractivity contribution >= 4 is 17.6 Å². The van der Waals surface area contributed by atoms with E-state index in [1.54, 1.807) is 30.5 Å². The highest BCUT2D eigenvalue weighted by atomic mass is 16.6. The summed E-state index contributed by atoms with van der Waals surface area (Å²) >= 11 is 0. The standard InChI is InChI=1S/C23H18N4O4/c28-22(29)17-7-4-8-18(25-17)26-19-13-16(11-12-24-19)30-23-20(14-5-2-1-3-6-14)27-21(31-23)15-9-10-15/h1-8,11-13,15H,9-10H2,(H,28,29)(H,24,25,26). The molecule has 0 atom stereocenters. The highest BCUT2D eigenvalue weighted by Crippen LogP contribution is 2.44. The topological polar surface area (TPSA) is 110 Å². The molecule has 8 nitrogen and oxygen atoms in total. The maximum absolute atomic E-state index is 11.1. The van der Waals surface area contributed by atoms with E-state index in [1.165, 1.54) is 6.07 Å². The van der Waals surface area contributed by atoms with Crippen LogP contribution in [0.3, 0.4) is 0 Å². The van der Waals surface area contributed by atoms with Gasteiger partial charge in [-0.25, -0.2) is 19.7 Å². The Bertz CT molecular complexity index is 1240. The zero-order valence-corrected chi connectivity index (χ0v) is 16.4. The molecule has 0 bridgehead atoms. The fourth-order valence-corrected chi connectivity index (χ4v) is 3.08. The Kier molecular flexibility index (Phi) is 4.80. The molecule has 0 amide bonds. The molecule has 8 heteroatoms. The second-order valence-corrected chi connectivity index (χ2v) is 7.15. The molecule has 1 aliphatic carbocycles. The van der Waals surface area contributed by atoms with Crippen molar-refractivity contribution in [1.82, 2.24) is 15.0 Å². The van der Waals surface area contributed by atoms with Crippen molar-refractivity contribution in [2.24, 2.45) is 0 Å². The number of hydrogen-bond acceptors (Lipinski definition) is 7. The minimum absolute atomic E-state index is 0.0563. The van der Waals surface area contributed by atoms with Gasteiger partial charge in [-0.2, -0.15) is 0 Å². The van der Waals surface area contributed by atoms with Crippen LogP contribution in [0.2, 0.25) is 0 Å². The lowest BCUT2D eigenvalue weighted by Crippen LogP contribution is -2.03. The third-order valence-corrected chi connectivity index (χ3v) is 4.75. The number of hydrogen-bond donors (Lipinski definition) is 2. The largest absolute Gasteiger partial charge is 0.477 e. The number of nitrogens with zero attached hydrogens (tertiary/aromatic N) is 3. The second kappa shape index (κ2) is 7.91. The van der Waals surface area contributed by atoms with Gasteiger partial charge >= 0.3 is 11.9 Å². The average Bonchev–Trinajstić information content (AvgIpc) is 3.55. The van der Waals surface area contributed by atoms with Crippen LogP contribution in [0.25, 0.3) is 11.3 Å². The summed E-state index contributed by atoms with van der Waals surface area (Å²) in [5.41, 5.74) is 1.51. The number of carboxylic acids is 1. The van der Waals surface area contributed by atoms with E-state index in [2.05, 4.69) is 20.3 Å². The maximum Gasteiger partial charge on any atom is 0.354 e. The predicted octanol–water partition coefficient (Wildman–Crippen LogP) is 5.24. The quantitative estimate of drug-likeness (QED) is 0.422. The zero-order valence-electron chi connectivity index (χ0n) is 16.4. The van der Waals surface area contributed by atoms with Gasteiger partial charge in [-0.15, -0.1) is 0 Å². The Hall–Kier alpha value is -4.20. The molecule has 0 saturated heterocycles. The minimum Gasteiger partial charge on any atom is -0.477 e. The first-order valence-electron chi connectivity index (χ1n) is 9.83. The molecule has 1 aromatic carbocycles. The van der Waals surface area contributed by atoms with Crippen LogP contribution in [0.15, 0.2) is 71.3 Å². The lowest BCUT2D eigenvalue weighted by atomic mass is 10.2. The van der Waals surface area contributed by atoms with Crippen LogP contribution in [0.5, 0.6) is 11.7 Å². The van der Waals surface area contributed by atoms with Gasteiger partial charge in [0.25, 0.3) is 0 Å². The number of pyridine rings is 2. The third-order valence-electron chi connectivity index (χ3n) is 4.75. The lowest BCUT2D eigenvalue weighted by Gasteiger charge is -2.08. The molecule has 3 aromatic heterocycles. The fourth-order valence-electron chi connectivity index (χ4n) is 3.08. The van der Waals surface area contributed by atoms with Gasteiger partial charge in [-0.1, -0.05) is 36.4 Å². The molecule has 0 unspecified atom stereocenters. The van der Waals surface area contributed by atoms with E-state index in [4.69, 9.17) is 14.3 Å². The van der Waals surface area contributed by atoms with Crippen molar-refractivity contribution in [3.63, 3.8) is 0 Å². The van der Waals surface area contributed by atoms with E-state index in [-0.39, 0.29) is 5.69 Å². The molecule has 1 aliphatic rings. The average molecular weight is 414 g/mol. The molecule has 1 saturated carbocycles. The van der Waals surface area contributed by atoms with Gasteiger partial charge < -0.3 is 19.6 Å². The molecular formula is C23H18N4O4. The van der Waals surface area contributed by atoms with Crippen LogP contribution in [-0.4, -0.2) is 26.0 Å². The van der Waals surface area contributed by atoms with E-state index < -0.39 is 5.97 Å². The van der Waals surface area contributed by atoms with Gasteiger partial charge in [0.05, 0.1) is 0 Å². The Morgan fingerprint density at radius 3 is 2.65 bits per heavy atom. The number of aromatic nitrogens is 3. The number of aromatic carboxylic acids is 1. The van der Waals surface area contributed by atoms with Crippen LogP contribution < -0.4 is 10.1 Å². The van der Waals surface area contributed by atoms with Crippen molar-refractivity contribution < 1.29 is 19.1 Å². The first-order valence-corrected chi connectivity index (χ1v) is 9.83. The highest BCUT2D eigenvalue weighted by molar-refractivity contribution is 5.85. The summed E-state index contributed by atoms with van der Waals surface area (Å²) in [5, 5.41) is 12.1. The summed E-state index contributed by atoms with van der Waals surface area (Å²) in [5.74, 6) is 1.59. The van der Waals surface area contributed by atoms with Crippen molar-refractivity contribution in [3.8, 4) is 23.0 Å². The second-order valence-electron chi connectivity index (χ2n) is 7.15. The third kappa shape index (κ3) is 4.23. The SMILES string of the molecule is O=C(O)c1cccc(Nc2cc(Oc3oc(C4CC4)nc3-c3ccccc3)ccn2)n1. The maximum atomic E-state index is 11.1. The van der Waals surface area contributed by atoms with Crippen molar-refractivity contribution in [3.05, 3.63) is 78.4 Å². The Morgan fingerprint density at radius 1 is 1.03 bits per heavy atom. The van der Waals surface area contributed by atoms with E-state index in [1.807, 2.05) is 30.3 Å². The number of oxazole rings is 1. The number of carbonyl (C=O) groups is 1. The summed E-state index contributed by atoms with van der Waals surface area (Å²) in [6, 6.07) is 17.8. The normalized spacial score (nSPS) is 13.0. The number of carboxylic acid groups (broad SMARTS) is 1. The summed E-state index contributed by atoms with van der Waals surface area (Å²) in [6.45, 7) is 0. The molecule has 0 radical (unpaired) electrons. The van der Waals surface area contributed by atoms with Crippen LogP contribution in [0, 0.1) is 0 Å². The van der Waals surface area contributed by atoms with Gasteiger partial charge in [0.15, 0.2) is 11.4 Å². The Morgan fingerprint density at radius 2 is 1.87 bits per heavy atom. The van der Waals surface area contributed by atoms with Crippen molar-refractivity contribution in [2.75, 3.05) is 5.32 Å². The molecule has 0 aliphatic heterocycles. The van der Waals surface area contributed by atoms with Gasteiger partial charge in [0.2, 0.25) is 5.89 Å². The van der Waals surface area contributed by atoms with Gasteiger partial charge in [0.1, 0.15) is 17.4 Å². The van der Waals surface area contributed by atoms with Crippen LogP contribution in [0.1, 0.15) is 35.1 Å². The molecule has 154 valence electrons. The monoisotopic (exact) mass is 414 g/mol. The number of rotatable bonds is 7. The van der Waals surface area contributed by atoms with E-state index in [0.717, 1.165) is 18.4 Å². The summed E-state index contributed by atoms with van der Waals surface area (Å²) in [4.78, 5) is 24.1. The van der Waals surface area contributed by atoms with Gasteiger partial charge in [-0.05, 0) is 31.0 Å². The first-order chi connectivity index (χ1) is 15.2. The molecule has 5 rings (SSSR count). The van der Waals surface area contributed by atoms with E-state index in [0.29, 0.717) is 40.8 Å².